The molecule has 1 aliphatic heterocycles. The van der Waals surface area contributed by atoms with E-state index in [2.05, 4.69) is 15.6 Å². The minimum atomic E-state index is -0.923. The van der Waals surface area contributed by atoms with Crippen LogP contribution in [0.25, 0.3) is 11.1 Å². The van der Waals surface area contributed by atoms with Gasteiger partial charge in [0.15, 0.2) is 0 Å². The highest BCUT2D eigenvalue weighted by Crippen LogP contribution is 2.41. The monoisotopic (exact) mass is 481 g/mol. The molecule has 2 N–H and O–H groups in total. The van der Waals surface area contributed by atoms with Gasteiger partial charge in [-0.05, 0) is 65.2 Å². The third-order valence-corrected chi connectivity index (χ3v) is 6.26. The molecular formula is C29H24FN3O3. The number of rotatable bonds is 5. The van der Waals surface area contributed by atoms with Crippen LogP contribution >= 0.6 is 0 Å². The highest BCUT2D eigenvalue weighted by atomic mass is 19.1. The van der Waals surface area contributed by atoms with Crippen LogP contribution in [0.15, 0.2) is 91.1 Å². The highest BCUT2D eigenvalue weighted by Gasteiger charge is 2.42. The summed E-state index contributed by atoms with van der Waals surface area (Å²) in [7, 11) is 0. The van der Waals surface area contributed by atoms with Crippen LogP contribution in [0.1, 0.15) is 35.0 Å². The quantitative estimate of drug-likeness (QED) is 0.405. The van der Waals surface area contributed by atoms with Crippen molar-refractivity contribution in [3.63, 3.8) is 0 Å². The van der Waals surface area contributed by atoms with Crippen LogP contribution in [0.2, 0.25) is 0 Å². The summed E-state index contributed by atoms with van der Waals surface area (Å²) in [5.74, 6) is -0.239. The largest absolute Gasteiger partial charge is 0.491 e. The van der Waals surface area contributed by atoms with E-state index in [-0.39, 0.29) is 11.8 Å². The van der Waals surface area contributed by atoms with E-state index < -0.39 is 11.4 Å². The number of carbonyl (C=O) groups is 2. The maximum absolute atomic E-state index is 13.4. The van der Waals surface area contributed by atoms with Crippen molar-refractivity contribution in [1.29, 1.82) is 0 Å². The van der Waals surface area contributed by atoms with Gasteiger partial charge in [0.2, 0.25) is 5.91 Å². The lowest BCUT2D eigenvalue weighted by molar-refractivity contribution is -0.114. The van der Waals surface area contributed by atoms with Gasteiger partial charge in [0, 0.05) is 30.8 Å². The molecule has 6 nitrogen and oxygen atoms in total. The van der Waals surface area contributed by atoms with Crippen LogP contribution < -0.4 is 15.4 Å². The second-order valence-electron chi connectivity index (χ2n) is 8.65. The van der Waals surface area contributed by atoms with Gasteiger partial charge in [-0.15, -0.1) is 0 Å². The van der Waals surface area contributed by atoms with Gasteiger partial charge in [-0.25, -0.2) is 4.39 Å². The Morgan fingerprint density at radius 1 is 0.917 bits per heavy atom. The zero-order chi connectivity index (χ0) is 25.1. The minimum absolute atomic E-state index is 0.120. The van der Waals surface area contributed by atoms with Gasteiger partial charge in [0.05, 0.1) is 6.61 Å². The molecule has 36 heavy (non-hydrogen) atoms. The van der Waals surface area contributed by atoms with Crippen molar-refractivity contribution in [2.75, 3.05) is 11.9 Å². The Kier molecular flexibility index (Phi) is 6.21. The molecule has 0 spiro atoms. The second-order valence-corrected chi connectivity index (χ2v) is 8.65. The summed E-state index contributed by atoms with van der Waals surface area (Å²) in [6, 6.07) is 24.6. The molecule has 1 atom stereocenters. The molecule has 1 aromatic heterocycles. The SMILES string of the molecule is CC(=O)Nc1ccc(-c2ccc(C3(NC(=O)c4ccc(F)cc4)CCOc4cccnc43)cc2)cc1. The lowest BCUT2D eigenvalue weighted by Gasteiger charge is -2.39. The summed E-state index contributed by atoms with van der Waals surface area (Å²) in [5.41, 5.74) is 3.63. The number of pyridine rings is 1. The number of ether oxygens (including phenoxy) is 1. The summed E-state index contributed by atoms with van der Waals surface area (Å²) in [4.78, 5) is 29.2. The van der Waals surface area contributed by atoms with Gasteiger partial charge in [0.25, 0.3) is 5.91 Å². The molecule has 3 aromatic carbocycles. The van der Waals surface area contributed by atoms with Crippen molar-refractivity contribution in [2.45, 2.75) is 18.9 Å². The van der Waals surface area contributed by atoms with E-state index in [0.29, 0.717) is 30.0 Å². The predicted octanol–water partition coefficient (Wildman–Crippen LogP) is 5.30. The first kappa shape index (κ1) is 23.2. The van der Waals surface area contributed by atoms with Gasteiger partial charge in [0.1, 0.15) is 22.8 Å². The molecule has 2 heterocycles. The summed E-state index contributed by atoms with van der Waals surface area (Å²) < 4.78 is 19.3. The molecule has 2 amide bonds. The molecule has 7 heteroatoms. The maximum Gasteiger partial charge on any atom is 0.252 e. The van der Waals surface area contributed by atoms with E-state index >= 15 is 0 Å². The zero-order valence-corrected chi connectivity index (χ0v) is 19.6. The summed E-state index contributed by atoms with van der Waals surface area (Å²) >= 11 is 0. The van der Waals surface area contributed by atoms with E-state index in [1.165, 1.54) is 31.2 Å². The second kappa shape index (κ2) is 9.62. The van der Waals surface area contributed by atoms with Crippen LogP contribution in [-0.4, -0.2) is 23.4 Å². The first-order valence-electron chi connectivity index (χ1n) is 11.6. The molecule has 1 aliphatic rings. The smallest absolute Gasteiger partial charge is 0.252 e. The molecule has 1 unspecified atom stereocenters. The molecule has 0 saturated heterocycles. The van der Waals surface area contributed by atoms with E-state index in [1.807, 2.05) is 54.6 Å². The fourth-order valence-corrected chi connectivity index (χ4v) is 4.50. The van der Waals surface area contributed by atoms with Crippen LogP contribution in [0.3, 0.4) is 0 Å². The number of anilines is 1. The zero-order valence-electron chi connectivity index (χ0n) is 19.6. The maximum atomic E-state index is 13.4. The Morgan fingerprint density at radius 2 is 1.58 bits per heavy atom. The van der Waals surface area contributed by atoms with E-state index in [4.69, 9.17) is 4.74 Å². The summed E-state index contributed by atoms with van der Waals surface area (Å²) in [5, 5.41) is 5.95. The third-order valence-electron chi connectivity index (χ3n) is 6.26. The molecule has 4 aromatic rings. The number of nitrogens with zero attached hydrogens (tertiary/aromatic N) is 1. The molecule has 0 bridgehead atoms. The van der Waals surface area contributed by atoms with E-state index in [0.717, 1.165) is 22.4 Å². The topological polar surface area (TPSA) is 80.3 Å². The van der Waals surface area contributed by atoms with Crippen LogP contribution in [-0.2, 0) is 10.3 Å². The van der Waals surface area contributed by atoms with Gasteiger partial charge >= 0.3 is 0 Å². The fraction of sp³-hybridized carbons (Fsp3) is 0.138. The first-order valence-corrected chi connectivity index (χ1v) is 11.6. The van der Waals surface area contributed by atoms with E-state index in [1.54, 1.807) is 12.3 Å². The number of aromatic nitrogens is 1. The molecule has 0 radical (unpaired) electrons. The highest BCUT2D eigenvalue weighted by molar-refractivity contribution is 5.95. The molecule has 0 fully saturated rings. The van der Waals surface area contributed by atoms with Crippen molar-refractivity contribution < 1.29 is 18.7 Å². The summed E-state index contributed by atoms with van der Waals surface area (Å²) in [6.45, 7) is 1.87. The Balaban J connectivity index is 1.51. The number of benzene rings is 3. The Labute approximate surface area is 208 Å². The van der Waals surface area contributed by atoms with Gasteiger partial charge in [-0.3, -0.25) is 14.6 Å². The van der Waals surface area contributed by atoms with Crippen LogP contribution in [0.5, 0.6) is 5.75 Å². The molecular weight excluding hydrogens is 457 g/mol. The lowest BCUT2D eigenvalue weighted by Crippen LogP contribution is -2.50. The molecule has 180 valence electrons. The number of carbonyl (C=O) groups excluding carboxylic acids is 2. The number of hydrogen-bond donors (Lipinski definition) is 2. The van der Waals surface area contributed by atoms with Crippen LogP contribution in [0.4, 0.5) is 10.1 Å². The Hall–Kier alpha value is -4.52. The standard InChI is InChI=1S/C29H24FN3O3/c1-19(34)32-25-14-8-21(9-15-25)20-4-10-23(11-5-20)29(16-18-36-26-3-2-17-31-27(26)29)33-28(35)22-6-12-24(30)13-7-22/h2-15,17H,16,18H2,1H3,(H,32,34)(H,33,35). The Morgan fingerprint density at radius 3 is 2.25 bits per heavy atom. The van der Waals surface area contributed by atoms with Crippen molar-refractivity contribution >= 4 is 17.5 Å². The van der Waals surface area contributed by atoms with Gasteiger partial charge < -0.3 is 15.4 Å². The Bertz CT molecular complexity index is 1400. The number of nitrogens with one attached hydrogen (secondary N) is 2. The van der Waals surface area contributed by atoms with E-state index in [9.17, 15) is 14.0 Å². The molecule has 0 saturated carbocycles. The van der Waals surface area contributed by atoms with Gasteiger partial charge in [-0.2, -0.15) is 0 Å². The van der Waals surface area contributed by atoms with Crippen LogP contribution in [0, 0.1) is 5.82 Å². The molecule has 5 rings (SSSR count). The van der Waals surface area contributed by atoms with Crippen molar-refractivity contribution in [1.82, 2.24) is 10.3 Å². The number of amides is 2. The number of halogens is 1. The van der Waals surface area contributed by atoms with Gasteiger partial charge in [-0.1, -0.05) is 36.4 Å². The normalized spacial score (nSPS) is 16.4. The predicted molar refractivity (Wildman–Crippen MR) is 135 cm³/mol. The van der Waals surface area contributed by atoms with Crippen molar-refractivity contribution in [2.24, 2.45) is 0 Å². The number of fused-ring (bicyclic) bond motifs is 1. The first-order chi connectivity index (χ1) is 17.4. The van der Waals surface area contributed by atoms with Crippen molar-refractivity contribution in [3.05, 3.63) is 114 Å². The van der Waals surface area contributed by atoms with Crippen molar-refractivity contribution in [3.8, 4) is 16.9 Å². The average molecular weight is 482 g/mol. The number of hydrogen-bond acceptors (Lipinski definition) is 4. The lowest BCUT2D eigenvalue weighted by atomic mass is 9.80. The fourth-order valence-electron chi connectivity index (χ4n) is 4.50. The minimum Gasteiger partial charge on any atom is -0.491 e. The molecule has 0 aliphatic carbocycles. The summed E-state index contributed by atoms with van der Waals surface area (Å²) in [6.07, 6.45) is 2.16. The average Bonchev–Trinajstić information content (AvgIpc) is 2.89. The third kappa shape index (κ3) is 4.55.